The van der Waals surface area contributed by atoms with Crippen LogP contribution in [-0.4, -0.2) is 11.0 Å². The number of amides is 1. The van der Waals surface area contributed by atoms with Crippen LogP contribution in [0.25, 0.3) is 6.08 Å². The molecule has 0 bridgehead atoms. The molecule has 1 amide bonds. The fourth-order valence-electron chi connectivity index (χ4n) is 2.64. The molecule has 1 aliphatic carbocycles. The van der Waals surface area contributed by atoms with Crippen LogP contribution in [-0.2, 0) is 17.6 Å². The number of hydrogen-bond donors (Lipinski definition) is 2. The number of aryl methyl sites for hydroxylation is 1. The molecular weight excluding hydrogens is 357 g/mol. The van der Waals surface area contributed by atoms with E-state index in [1.165, 1.54) is 34.4 Å². The van der Waals surface area contributed by atoms with Crippen molar-refractivity contribution in [1.29, 1.82) is 5.26 Å². The number of hydrogen-bond acceptors (Lipinski definition) is 4. The monoisotopic (exact) mass is 371 g/mol. The molecule has 0 fully saturated rings. The number of rotatable bonds is 3. The molecule has 126 valence electrons. The van der Waals surface area contributed by atoms with E-state index in [0.29, 0.717) is 16.1 Å². The normalized spacial score (nSPS) is 12.6. The molecule has 0 radical (unpaired) electrons. The first kappa shape index (κ1) is 17.3. The molecule has 0 aliphatic heterocycles. The fourth-order valence-corrected chi connectivity index (χ4v) is 4.16. The maximum absolute atomic E-state index is 12.8. The second-order valence-electron chi connectivity index (χ2n) is 5.50. The highest BCUT2D eigenvalue weighted by molar-refractivity contribution is 7.80. The van der Waals surface area contributed by atoms with Crippen LogP contribution < -0.4 is 10.6 Å². The van der Waals surface area contributed by atoms with Crippen molar-refractivity contribution in [3.63, 3.8) is 0 Å². The van der Waals surface area contributed by atoms with E-state index in [1.54, 1.807) is 18.2 Å². The highest BCUT2D eigenvalue weighted by atomic mass is 32.1. The molecule has 1 aliphatic rings. The van der Waals surface area contributed by atoms with E-state index in [2.05, 4.69) is 16.7 Å². The molecule has 0 saturated heterocycles. The number of benzene rings is 1. The SMILES string of the molecule is N#Cc1c(NC(=S)NC(=O)C=Cc2ccc(F)cc2)sc2c1CCC2. The molecule has 25 heavy (non-hydrogen) atoms. The third-order valence-corrected chi connectivity index (χ3v) is 5.21. The van der Waals surface area contributed by atoms with Gasteiger partial charge in [-0.2, -0.15) is 5.26 Å². The number of thiocarbonyl (C=S) groups is 1. The topological polar surface area (TPSA) is 64.9 Å². The van der Waals surface area contributed by atoms with Crippen molar-refractivity contribution >= 4 is 45.7 Å². The molecule has 0 saturated carbocycles. The van der Waals surface area contributed by atoms with Crippen LogP contribution in [0.3, 0.4) is 0 Å². The molecule has 1 aromatic heterocycles. The number of nitrogens with one attached hydrogen (secondary N) is 2. The highest BCUT2D eigenvalue weighted by Gasteiger charge is 2.22. The maximum atomic E-state index is 12.8. The Morgan fingerprint density at radius 1 is 1.32 bits per heavy atom. The summed E-state index contributed by atoms with van der Waals surface area (Å²) >= 11 is 6.66. The van der Waals surface area contributed by atoms with Crippen LogP contribution in [0.4, 0.5) is 9.39 Å². The van der Waals surface area contributed by atoms with Crippen molar-refractivity contribution in [2.24, 2.45) is 0 Å². The van der Waals surface area contributed by atoms with Crippen LogP contribution in [0.2, 0.25) is 0 Å². The van der Waals surface area contributed by atoms with E-state index in [4.69, 9.17) is 12.2 Å². The van der Waals surface area contributed by atoms with Crippen LogP contribution in [0.15, 0.2) is 30.3 Å². The van der Waals surface area contributed by atoms with E-state index >= 15 is 0 Å². The zero-order valence-corrected chi connectivity index (χ0v) is 14.8. The van der Waals surface area contributed by atoms with Crippen LogP contribution in [0.1, 0.15) is 28.0 Å². The Kier molecular flexibility index (Phi) is 5.22. The van der Waals surface area contributed by atoms with Gasteiger partial charge in [0.05, 0.1) is 5.56 Å². The first-order valence-electron chi connectivity index (χ1n) is 7.67. The summed E-state index contributed by atoms with van der Waals surface area (Å²) in [5.74, 6) is -0.729. The van der Waals surface area contributed by atoms with Crippen LogP contribution >= 0.6 is 23.6 Å². The lowest BCUT2D eigenvalue weighted by Gasteiger charge is -2.07. The average Bonchev–Trinajstić information content (AvgIpc) is 3.14. The van der Waals surface area contributed by atoms with Gasteiger partial charge in [0.2, 0.25) is 5.91 Å². The van der Waals surface area contributed by atoms with E-state index in [0.717, 1.165) is 24.8 Å². The lowest BCUT2D eigenvalue weighted by Crippen LogP contribution is -2.32. The van der Waals surface area contributed by atoms with Crippen molar-refractivity contribution in [2.75, 3.05) is 5.32 Å². The number of fused-ring (bicyclic) bond motifs is 1. The van der Waals surface area contributed by atoms with Gasteiger partial charge in [0.25, 0.3) is 0 Å². The number of nitriles is 1. The Bertz CT molecular complexity index is 894. The zero-order valence-electron chi connectivity index (χ0n) is 13.1. The first-order valence-corrected chi connectivity index (χ1v) is 8.89. The largest absolute Gasteiger partial charge is 0.323 e. The van der Waals surface area contributed by atoms with Crippen molar-refractivity contribution in [3.8, 4) is 6.07 Å². The summed E-state index contributed by atoms with van der Waals surface area (Å²) in [6, 6.07) is 8.00. The molecule has 1 heterocycles. The van der Waals surface area contributed by atoms with Gasteiger partial charge in [-0.1, -0.05) is 12.1 Å². The molecular formula is C18H14FN3OS2. The molecule has 1 aromatic carbocycles. The van der Waals surface area contributed by atoms with Gasteiger partial charge in [-0.3, -0.25) is 10.1 Å². The Balaban J connectivity index is 1.60. The lowest BCUT2D eigenvalue weighted by atomic mass is 10.1. The molecule has 2 aromatic rings. The number of carbonyl (C=O) groups excluding carboxylic acids is 1. The minimum atomic E-state index is -0.399. The minimum absolute atomic E-state index is 0.144. The maximum Gasteiger partial charge on any atom is 0.250 e. The number of halogens is 1. The van der Waals surface area contributed by atoms with Crippen molar-refractivity contribution in [1.82, 2.24) is 5.32 Å². The van der Waals surface area contributed by atoms with Crippen molar-refractivity contribution in [3.05, 3.63) is 57.7 Å². The summed E-state index contributed by atoms with van der Waals surface area (Å²) in [7, 11) is 0. The van der Waals surface area contributed by atoms with Crippen LogP contribution in [0.5, 0.6) is 0 Å². The summed E-state index contributed by atoms with van der Waals surface area (Å²) < 4.78 is 12.8. The summed E-state index contributed by atoms with van der Waals surface area (Å²) in [5, 5.41) is 15.7. The standard InChI is InChI=1S/C18H14FN3OS2/c19-12-7-4-11(5-8-12)6-9-16(23)21-18(24)22-17-14(10-20)13-2-1-3-15(13)25-17/h4-9H,1-3H2,(H2,21,22,23,24). The number of thiophene rings is 1. The second kappa shape index (κ2) is 7.55. The van der Waals surface area contributed by atoms with E-state index in [-0.39, 0.29) is 10.9 Å². The summed E-state index contributed by atoms with van der Waals surface area (Å²) in [4.78, 5) is 13.1. The zero-order chi connectivity index (χ0) is 17.8. The van der Waals surface area contributed by atoms with E-state index < -0.39 is 5.91 Å². The molecule has 0 atom stereocenters. The third kappa shape index (κ3) is 4.10. The van der Waals surface area contributed by atoms with Crippen molar-refractivity contribution in [2.45, 2.75) is 19.3 Å². The smallest absolute Gasteiger partial charge is 0.250 e. The molecule has 0 unspecified atom stereocenters. The first-order chi connectivity index (χ1) is 12.1. The lowest BCUT2D eigenvalue weighted by molar-refractivity contribution is -0.115. The van der Waals surface area contributed by atoms with E-state index in [9.17, 15) is 14.4 Å². The van der Waals surface area contributed by atoms with Crippen molar-refractivity contribution < 1.29 is 9.18 Å². The van der Waals surface area contributed by atoms with Gasteiger partial charge in [0, 0.05) is 11.0 Å². The van der Waals surface area contributed by atoms with Gasteiger partial charge in [-0.05, 0) is 60.8 Å². The number of anilines is 1. The van der Waals surface area contributed by atoms with Gasteiger partial charge in [0.15, 0.2) is 5.11 Å². The Labute approximate surface area is 154 Å². The minimum Gasteiger partial charge on any atom is -0.323 e. The number of nitrogens with zero attached hydrogens (tertiary/aromatic N) is 1. The summed E-state index contributed by atoms with van der Waals surface area (Å²) in [5.41, 5.74) is 2.42. The Hall–Kier alpha value is -2.56. The predicted octanol–water partition coefficient (Wildman–Crippen LogP) is 3.77. The fraction of sp³-hybridized carbons (Fsp3) is 0.167. The van der Waals surface area contributed by atoms with Gasteiger partial charge in [-0.15, -0.1) is 11.3 Å². The molecule has 3 rings (SSSR count). The summed E-state index contributed by atoms with van der Waals surface area (Å²) in [6.07, 6.45) is 5.86. The van der Waals surface area contributed by atoms with Gasteiger partial charge >= 0.3 is 0 Å². The molecule has 0 spiro atoms. The van der Waals surface area contributed by atoms with Crippen LogP contribution in [0, 0.1) is 17.1 Å². The third-order valence-electron chi connectivity index (χ3n) is 3.79. The van der Waals surface area contributed by atoms with Gasteiger partial charge < -0.3 is 5.32 Å². The highest BCUT2D eigenvalue weighted by Crippen LogP contribution is 2.38. The molecule has 7 heteroatoms. The quantitative estimate of drug-likeness (QED) is 0.637. The average molecular weight is 371 g/mol. The molecule has 4 nitrogen and oxygen atoms in total. The van der Waals surface area contributed by atoms with Gasteiger partial charge in [-0.25, -0.2) is 4.39 Å². The van der Waals surface area contributed by atoms with E-state index in [1.807, 2.05) is 0 Å². The Morgan fingerprint density at radius 3 is 2.80 bits per heavy atom. The number of carbonyl (C=O) groups is 1. The summed E-state index contributed by atoms with van der Waals surface area (Å²) in [6.45, 7) is 0. The predicted molar refractivity (Wildman–Crippen MR) is 101 cm³/mol. The second-order valence-corrected chi connectivity index (χ2v) is 7.01. The van der Waals surface area contributed by atoms with Gasteiger partial charge in [0.1, 0.15) is 16.9 Å². The molecule has 2 N–H and O–H groups in total. The Morgan fingerprint density at radius 2 is 2.08 bits per heavy atom.